The Balaban J connectivity index is 3.27. The third-order valence-electron chi connectivity index (χ3n) is 1.54. The first-order valence-corrected chi connectivity index (χ1v) is 5.57. The summed E-state index contributed by atoms with van der Waals surface area (Å²) in [6.07, 6.45) is 0. The minimum absolute atomic E-state index is 0.128. The topological polar surface area (TPSA) is 62.2 Å². The molecule has 0 bridgehead atoms. The predicted octanol–water partition coefficient (Wildman–Crippen LogP) is 3.20. The Morgan fingerprint density at radius 3 is 2.73 bits per heavy atom. The van der Waals surface area contributed by atoms with Crippen molar-refractivity contribution in [1.29, 1.82) is 5.26 Å². The zero-order valence-electron chi connectivity index (χ0n) is 7.47. The molecule has 78 valence electrons. The summed E-state index contributed by atoms with van der Waals surface area (Å²) >= 11 is 14.7. The molecule has 0 saturated carbocycles. The summed E-state index contributed by atoms with van der Waals surface area (Å²) in [7, 11) is 0. The maximum absolute atomic E-state index is 8.69. The monoisotopic (exact) mass is 305 g/mol. The van der Waals surface area contributed by atoms with E-state index in [1.54, 1.807) is 6.07 Å². The van der Waals surface area contributed by atoms with Crippen LogP contribution in [0.2, 0.25) is 5.02 Å². The highest BCUT2D eigenvalue weighted by Crippen LogP contribution is 2.34. The number of nitrogens with two attached hydrogens (primary N) is 1. The molecule has 3 nitrogen and oxygen atoms in total. The molecule has 0 aliphatic carbocycles. The second-order valence-corrected chi connectivity index (χ2v) is 4.17. The Bertz CT molecular complexity index is 428. The number of rotatable bonds is 2. The van der Waals surface area contributed by atoms with E-state index >= 15 is 0 Å². The molecule has 0 saturated heterocycles. The lowest BCUT2D eigenvalue weighted by Gasteiger charge is -2.03. The van der Waals surface area contributed by atoms with Crippen molar-refractivity contribution in [3.8, 4) is 6.07 Å². The minimum atomic E-state index is 0.128. The fourth-order valence-corrected chi connectivity index (χ4v) is 1.89. The second kappa shape index (κ2) is 5.36. The highest BCUT2D eigenvalue weighted by molar-refractivity contribution is 9.10. The molecule has 1 rings (SSSR count). The van der Waals surface area contributed by atoms with Crippen LogP contribution in [0, 0.1) is 11.3 Å². The summed E-state index contributed by atoms with van der Waals surface area (Å²) in [6.45, 7) is 0. The number of halogens is 3. The van der Waals surface area contributed by atoms with Crippen molar-refractivity contribution >= 4 is 50.7 Å². The van der Waals surface area contributed by atoms with Gasteiger partial charge in [-0.15, -0.1) is 11.6 Å². The van der Waals surface area contributed by atoms with Gasteiger partial charge in [-0.25, -0.2) is 4.99 Å². The van der Waals surface area contributed by atoms with Crippen molar-refractivity contribution in [2.45, 2.75) is 0 Å². The van der Waals surface area contributed by atoms with E-state index in [-0.39, 0.29) is 11.7 Å². The van der Waals surface area contributed by atoms with Crippen LogP contribution in [-0.4, -0.2) is 11.7 Å². The first-order valence-electron chi connectivity index (χ1n) is 3.86. The number of nitrogens with zero attached hydrogens (tertiary/aromatic N) is 2. The van der Waals surface area contributed by atoms with Crippen LogP contribution in [0.4, 0.5) is 5.69 Å². The van der Waals surface area contributed by atoms with E-state index < -0.39 is 0 Å². The lowest BCUT2D eigenvalue weighted by Crippen LogP contribution is -2.12. The van der Waals surface area contributed by atoms with Crippen LogP contribution in [-0.2, 0) is 0 Å². The van der Waals surface area contributed by atoms with Crippen LogP contribution in [0.3, 0.4) is 0 Å². The lowest BCUT2D eigenvalue weighted by atomic mass is 10.2. The Morgan fingerprint density at radius 1 is 1.60 bits per heavy atom. The first kappa shape index (κ1) is 12.3. The molecule has 15 heavy (non-hydrogen) atoms. The van der Waals surface area contributed by atoms with Gasteiger partial charge in [-0.05, 0) is 28.1 Å². The molecule has 6 heteroatoms. The molecular formula is C9H6BrCl2N3. The zero-order chi connectivity index (χ0) is 11.4. The predicted molar refractivity (Wildman–Crippen MR) is 65.9 cm³/mol. The van der Waals surface area contributed by atoms with E-state index in [9.17, 15) is 0 Å². The van der Waals surface area contributed by atoms with E-state index in [2.05, 4.69) is 20.9 Å². The van der Waals surface area contributed by atoms with Gasteiger partial charge in [-0.3, -0.25) is 0 Å². The number of alkyl halides is 1. The SMILES string of the molecule is N#Cc1cc(Cl)c(N=C(N)CCl)c(Br)c1. The number of amidine groups is 1. The largest absolute Gasteiger partial charge is 0.386 e. The third kappa shape index (κ3) is 3.10. The van der Waals surface area contributed by atoms with Crippen LogP contribution in [0.15, 0.2) is 21.6 Å². The molecular weight excluding hydrogens is 301 g/mol. The highest BCUT2D eigenvalue weighted by atomic mass is 79.9. The normalized spacial score (nSPS) is 11.2. The molecule has 1 aromatic carbocycles. The zero-order valence-corrected chi connectivity index (χ0v) is 10.6. The van der Waals surface area contributed by atoms with Crippen molar-refractivity contribution < 1.29 is 0 Å². The Hall–Kier alpha value is -0.760. The quantitative estimate of drug-likeness (QED) is 0.518. The van der Waals surface area contributed by atoms with Gasteiger partial charge in [0.25, 0.3) is 0 Å². The standard InChI is InChI=1S/C9H6BrCl2N3/c10-6-1-5(4-13)2-7(12)9(6)15-8(14)3-11/h1-2H,3H2,(H2,14,15). The van der Waals surface area contributed by atoms with Gasteiger partial charge in [0.05, 0.1) is 28.2 Å². The maximum Gasteiger partial charge on any atom is 0.115 e. The Labute approximate surface area is 106 Å². The van der Waals surface area contributed by atoms with Crippen LogP contribution < -0.4 is 5.73 Å². The molecule has 0 aromatic heterocycles. The van der Waals surface area contributed by atoms with E-state index in [4.69, 9.17) is 34.2 Å². The fourth-order valence-electron chi connectivity index (χ4n) is 0.910. The van der Waals surface area contributed by atoms with E-state index in [0.717, 1.165) is 0 Å². The highest BCUT2D eigenvalue weighted by Gasteiger charge is 2.07. The van der Waals surface area contributed by atoms with Crippen molar-refractivity contribution in [1.82, 2.24) is 0 Å². The van der Waals surface area contributed by atoms with Gasteiger partial charge in [0.2, 0.25) is 0 Å². The van der Waals surface area contributed by atoms with Crippen molar-refractivity contribution in [3.05, 3.63) is 27.2 Å². The molecule has 1 aromatic rings. The van der Waals surface area contributed by atoms with Crippen LogP contribution >= 0.6 is 39.1 Å². The van der Waals surface area contributed by atoms with Crippen LogP contribution in [0.1, 0.15) is 5.56 Å². The minimum Gasteiger partial charge on any atom is -0.386 e. The molecule has 0 aliphatic rings. The number of hydrogen-bond acceptors (Lipinski definition) is 2. The van der Waals surface area contributed by atoms with Gasteiger partial charge in [-0.2, -0.15) is 5.26 Å². The molecule has 0 radical (unpaired) electrons. The second-order valence-electron chi connectivity index (χ2n) is 2.64. The summed E-state index contributed by atoms with van der Waals surface area (Å²) in [5.41, 5.74) is 6.42. The summed E-state index contributed by atoms with van der Waals surface area (Å²) in [5.74, 6) is 0.395. The van der Waals surface area contributed by atoms with E-state index in [1.807, 2.05) is 6.07 Å². The number of hydrogen-bond donors (Lipinski definition) is 1. The van der Waals surface area contributed by atoms with E-state index in [0.29, 0.717) is 20.7 Å². The maximum atomic E-state index is 8.69. The average Bonchev–Trinajstić information content (AvgIpc) is 2.22. The molecule has 0 heterocycles. The molecule has 0 spiro atoms. The molecule has 0 unspecified atom stereocenters. The summed E-state index contributed by atoms with van der Waals surface area (Å²) in [5, 5.41) is 9.05. The molecule has 0 aliphatic heterocycles. The number of benzene rings is 1. The molecule has 0 fully saturated rings. The lowest BCUT2D eigenvalue weighted by molar-refractivity contribution is 1.41. The van der Waals surface area contributed by atoms with Crippen molar-refractivity contribution in [3.63, 3.8) is 0 Å². The van der Waals surface area contributed by atoms with Gasteiger partial charge in [0.1, 0.15) is 5.84 Å². The summed E-state index contributed by atoms with van der Waals surface area (Å²) < 4.78 is 0.611. The summed E-state index contributed by atoms with van der Waals surface area (Å²) in [4.78, 5) is 4.03. The molecule has 0 amide bonds. The van der Waals surface area contributed by atoms with Crippen molar-refractivity contribution in [2.75, 3.05) is 5.88 Å². The Kier molecular flexibility index (Phi) is 4.40. The van der Waals surface area contributed by atoms with Crippen LogP contribution in [0.25, 0.3) is 0 Å². The summed E-state index contributed by atoms with van der Waals surface area (Å²) in [6, 6.07) is 5.12. The van der Waals surface area contributed by atoms with Crippen molar-refractivity contribution in [2.24, 2.45) is 10.7 Å². The van der Waals surface area contributed by atoms with Gasteiger partial charge in [-0.1, -0.05) is 11.6 Å². The average molecular weight is 307 g/mol. The van der Waals surface area contributed by atoms with Gasteiger partial charge in [0.15, 0.2) is 0 Å². The van der Waals surface area contributed by atoms with Gasteiger partial charge < -0.3 is 5.73 Å². The number of aliphatic imine (C=N–C) groups is 1. The smallest absolute Gasteiger partial charge is 0.115 e. The molecule has 2 N–H and O–H groups in total. The van der Waals surface area contributed by atoms with E-state index in [1.165, 1.54) is 6.07 Å². The molecule has 0 atom stereocenters. The fraction of sp³-hybridized carbons (Fsp3) is 0.111. The first-order chi connectivity index (χ1) is 7.08. The third-order valence-corrected chi connectivity index (χ3v) is 2.70. The van der Waals surface area contributed by atoms with Gasteiger partial charge >= 0.3 is 0 Å². The Morgan fingerprint density at radius 2 is 2.27 bits per heavy atom. The van der Waals surface area contributed by atoms with Crippen LogP contribution in [0.5, 0.6) is 0 Å². The van der Waals surface area contributed by atoms with Gasteiger partial charge in [0, 0.05) is 4.47 Å². The number of nitriles is 1.